The molecule has 2 radical (unpaired) electrons. The van der Waals surface area contributed by atoms with E-state index in [1.165, 1.54) is 0 Å². The smallest absolute Gasteiger partial charge is 0.412 e. The molecule has 0 fully saturated rings. The fraction of sp³-hybridized carbons (Fsp3) is 0.250. The van der Waals surface area contributed by atoms with E-state index in [1.54, 1.807) is 13.8 Å². The van der Waals surface area contributed by atoms with Crippen LogP contribution >= 0.6 is 0 Å². The Balaban J connectivity index is -0.000000000635. The van der Waals surface area contributed by atoms with E-state index >= 15 is 0 Å². The van der Waals surface area contributed by atoms with Gasteiger partial charge in [0, 0.05) is 0 Å². The molecule has 11 heavy (non-hydrogen) atoms. The van der Waals surface area contributed by atoms with Gasteiger partial charge in [0.25, 0.3) is 0 Å². The van der Waals surface area contributed by atoms with Crippen molar-refractivity contribution >= 4 is 0 Å². The van der Waals surface area contributed by atoms with E-state index in [9.17, 15) is 0 Å². The van der Waals surface area contributed by atoms with Gasteiger partial charge in [-0.05, 0) is 0 Å². The van der Waals surface area contributed by atoms with Crippen molar-refractivity contribution < 1.29 is 48.9 Å². The largest absolute Gasteiger partial charge is 3.00 e. The molecule has 0 saturated heterocycles. The summed E-state index contributed by atoms with van der Waals surface area (Å²) in [5.41, 5.74) is 0. The summed E-state index contributed by atoms with van der Waals surface area (Å²) < 4.78 is 0. The number of rotatable bonds is 0. The van der Waals surface area contributed by atoms with E-state index in [1.807, 2.05) is 0 Å². The number of hydrogen-bond acceptors (Lipinski definition) is 0. The summed E-state index contributed by atoms with van der Waals surface area (Å²) in [5, 5.41) is 0. The number of hydrogen-bond donors (Lipinski definition) is 0. The first kappa shape index (κ1) is 140. The molecule has 0 aromatic carbocycles. The Hall–Kier alpha value is 1.39. The quantitative estimate of drug-likeness (QED) is 0.454. The van der Waals surface area contributed by atoms with Crippen LogP contribution in [0, 0.1) is 43.6 Å². The third kappa shape index (κ3) is 521. The monoisotopic (exact) mass is 232 g/mol. The molecule has 0 bridgehead atoms. The molecule has 0 atom stereocenters. The van der Waals surface area contributed by atoms with Gasteiger partial charge in [-0.3, -0.25) is 0 Å². The fourth-order valence-corrected chi connectivity index (χ4v) is 0. The van der Waals surface area contributed by atoms with Crippen LogP contribution < -0.4 is 0 Å². The molecular weight excluding hydrogens is 208 g/mol. The average Bonchev–Trinajstić information content (AvgIpc) is 1.50. The summed E-state index contributed by atoms with van der Waals surface area (Å²) in [7, 11) is 0. The standard InChI is InChI=1S/2C2H5.4CH3.H2O.2Ti/c2*1-2;;;;;;;/h2*1H2,2H3;4*1H3;1H2;;/q6*-1;;2*+3. The van der Waals surface area contributed by atoms with Crippen molar-refractivity contribution in [1.82, 2.24) is 0 Å². The van der Waals surface area contributed by atoms with Crippen LogP contribution in [0.1, 0.15) is 13.8 Å². The first-order valence-corrected chi connectivity index (χ1v) is 1.41. The molecule has 0 amide bonds. The zero-order valence-electron chi connectivity index (χ0n) is 8.91. The van der Waals surface area contributed by atoms with E-state index in [2.05, 4.69) is 13.8 Å². The molecule has 0 unspecified atom stereocenters. The van der Waals surface area contributed by atoms with Crippen LogP contribution in [0.25, 0.3) is 0 Å². The van der Waals surface area contributed by atoms with E-state index in [0.29, 0.717) is 0 Å². The maximum Gasteiger partial charge on any atom is 3.00 e. The Kier molecular flexibility index (Phi) is 8110. The van der Waals surface area contributed by atoms with Gasteiger partial charge in [0.05, 0.1) is 0 Å². The molecular formula is C8H24OTi2. The third-order valence-electron chi connectivity index (χ3n) is 0. The van der Waals surface area contributed by atoms with Gasteiger partial charge in [0.1, 0.15) is 0 Å². The maximum atomic E-state index is 3.25. The molecule has 0 aromatic heterocycles. The molecule has 0 heterocycles. The minimum absolute atomic E-state index is 0. The zero-order valence-corrected chi connectivity index (χ0v) is 12.0. The normalized spacial score (nSPS) is 1.09. The molecule has 0 rings (SSSR count). The molecule has 0 aliphatic heterocycles. The summed E-state index contributed by atoms with van der Waals surface area (Å²) in [6.45, 7) is 10.0. The second kappa shape index (κ2) is 637. The van der Waals surface area contributed by atoms with E-state index in [4.69, 9.17) is 0 Å². The Bertz CT molecular complexity index is 12.1. The Morgan fingerprint density at radius 3 is 0.545 bits per heavy atom. The maximum absolute atomic E-state index is 3.25. The van der Waals surface area contributed by atoms with E-state index in [0.717, 1.165) is 0 Å². The van der Waals surface area contributed by atoms with Crippen LogP contribution in [0.15, 0.2) is 0 Å². The van der Waals surface area contributed by atoms with Crippen molar-refractivity contribution in [3.05, 3.63) is 43.6 Å². The average molecular weight is 232 g/mol. The zero-order chi connectivity index (χ0) is 4.00. The van der Waals surface area contributed by atoms with Gasteiger partial charge < -0.3 is 49.0 Å². The molecule has 3 heteroatoms. The second-order valence-corrected chi connectivity index (χ2v) is 0. The van der Waals surface area contributed by atoms with Crippen LogP contribution in [0.4, 0.5) is 0 Å². The summed E-state index contributed by atoms with van der Waals surface area (Å²) >= 11 is 0. The molecule has 70 valence electrons. The third-order valence-corrected chi connectivity index (χ3v) is 0. The van der Waals surface area contributed by atoms with Crippen molar-refractivity contribution in [3.63, 3.8) is 0 Å². The fourth-order valence-electron chi connectivity index (χ4n) is 0. The van der Waals surface area contributed by atoms with Gasteiger partial charge in [-0.1, -0.05) is 0 Å². The Morgan fingerprint density at radius 2 is 0.545 bits per heavy atom. The summed E-state index contributed by atoms with van der Waals surface area (Å²) in [6.07, 6.45) is 0. The molecule has 0 aromatic rings. The van der Waals surface area contributed by atoms with Gasteiger partial charge in [0.2, 0.25) is 0 Å². The van der Waals surface area contributed by atoms with Gasteiger partial charge in [-0.25, -0.2) is 0 Å². The molecule has 0 aliphatic rings. The van der Waals surface area contributed by atoms with Gasteiger partial charge in [-0.15, -0.1) is 0 Å². The SMILES string of the molecule is O.[CH2-]C.[CH2-]C.[CH3-].[CH3-].[CH3-].[CH3-].[Ti+3].[Ti+3]. The first-order chi connectivity index (χ1) is 2.00. The van der Waals surface area contributed by atoms with Gasteiger partial charge in [-0.2, -0.15) is 13.8 Å². The molecule has 0 saturated carbocycles. The summed E-state index contributed by atoms with van der Waals surface area (Å²) in [4.78, 5) is 0. The Morgan fingerprint density at radius 1 is 0.545 bits per heavy atom. The predicted molar refractivity (Wildman–Crippen MR) is 51.3 cm³/mol. The predicted octanol–water partition coefficient (Wildman–Crippen LogP) is 2.65. The van der Waals surface area contributed by atoms with Crippen LogP contribution in [-0.2, 0) is 43.4 Å². The van der Waals surface area contributed by atoms with Crippen LogP contribution in [0.3, 0.4) is 0 Å². The minimum Gasteiger partial charge on any atom is -0.412 e. The molecule has 2 N–H and O–H groups in total. The van der Waals surface area contributed by atoms with Crippen molar-refractivity contribution in [1.29, 1.82) is 0 Å². The molecule has 0 spiro atoms. The Labute approximate surface area is 106 Å². The first-order valence-electron chi connectivity index (χ1n) is 1.41. The topological polar surface area (TPSA) is 31.5 Å². The van der Waals surface area contributed by atoms with E-state index in [-0.39, 0.29) is 78.6 Å². The van der Waals surface area contributed by atoms with Crippen molar-refractivity contribution in [2.75, 3.05) is 0 Å². The van der Waals surface area contributed by atoms with Crippen molar-refractivity contribution in [2.45, 2.75) is 13.8 Å². The van der Waals surface area contributed by atoms with Crippen molar-refractivity contribution in [2.24, 2.45) is 0 Å². The minimum atomic E-state index is 0. The second-order valence-electron chi connectivity index (χ2n) is 0. The van der Waals surface area contributed by atoms with Gasteiger partial charge >= 0.3 is 43.4 Å². The molecule has 1 nitrogen and oxygen atoms in total. The van der Waals surface area contributed by atoms with E-state index < -0.39 is 0 Å². The summed E-state index contributed by atoms with van der Waals surface area (Å²) in [6, 6.07) is 0. The van der Waals surface area contributed by atoms with Crippen LogP contribution in [0.2, 0.25) is 0 Å². The summed E-state index contributed by atoms with van der Waals surface area (Å²) in [5.74, 6) is 0. The van der Waals surface area contributed by atoms with Crippen molar-refractivity contribution in [3.8, 4) is 0 Å². The van der Waals surface area contributed by atoms with Gasteiger partial charge in [0.15, 0.2) is 0 Å². The van der Waals surface area contributed by atoms with Crippen LogP contribution in [-0.4, -0.2) is 5.48 Å². The molecule has 0 aliphatic carbocycles. The van der Waals surface area contributed by atoms with Crippen LogP contribution in [0.5, 0.6) is 0 Å².